The molecule has 1 aliphatic rings. The van der Waals surface area contributed by atoms with Crippen molar-refractivity contribution in [2.24, 2.45) is 0 Å². The smallest absolute Gasteiger partial charge is 0.0552 e. The standard InChI is InChI=1S/C18H16O2/c1-20-18(19)17(14-16-10-5-6-11-16)13-7-12-15-8-3-2-4-9-15/h2-6,8-11,14,19H,13H2,1H3/p-1/b18-17-. The number of allylic oxidation sites excluding steroid dienone is 7. The Morgan fingerprint density at radius 3 is 2.55 bits per heavy atom. The zero-order valence-corrected chi connectivity index (χ0v) is 11.3. The molecule has 100 valence electrons. The van der Waals surface area contributed by atoms with Crippen LogP contribution in [0.25, 0.3) is 0 Å². The van der Waals surface area contributed by atoms with Crippen molar-refractivity contribution in [1.82, 2.24) is 0 Å². The number of hydrogen-bond donors (Lipinski definition) is 0. The van der Waals surface area contributed by atoms with E-state index in [4.69, 9.17) is 4.74 Å². The molecule has 0 radical (unpaired) electrons. The van der Waals surface area contributed by atoms with Crippen LogP contribution in [0.2, 0.25) is 0 Å². The highest BCUT2D eigenvalue weighted by Crippen LogP contribution is 2.15. The highest BCUT2D eigenvalue weighted by atomic mass is 16.6. The largest absolute Gasteiger partial charge is 0.616 e. The maximum absolute atomic E-state index is 11.7. The highest BCUT2D eigenvalue weighted by Gasteiger charge is 1.98. The number of rotatable bonds is 3. The lowest BCUT2D eigenvalue weighted by molar-refractivity contribution is -0.354. The minimum absolute atomic E-state index is 0.339. The Kier molecular flexibility index (Phi) is 4.86. The summed E-state index contributed by atoms with van der Waals surface area (Å²) < 4.78 is 4.79. The molecule has 1 aromatic rings. The third-order valence-corrected chi connectivity index (χ3v) is 2.76. The van der Waals surface area contributed by atoms with Crippen LogP contribution in [0.3, 0.4) is 0 Å². The Morgan fingerprint density at radius 2 is 1.90 bits per heavy atom. The fourth-order valence-corrected chi connectivity index (χ4v) is 1.76. The Hall–Kier alpha value is -2.66. The normalized spacial score (nSPS) is 13.6. The zero-order chi connectivity index (χ0) is 14.2. The first-order valence-corrected chi connectivity index (χ1v) is 6.34. The maximum atomic E-state index is 11.7. The summed E-state index contributed by atoms with van der Waals surface area (Å²) >= 11 is 0. The fourth-order valence-electron chi connectivity index (χ4n) is 1.76. The van der Waals surface area contributed by atoms with Gasteiger partial charge in [-0.1, -0.05) is 54.3 Å². The van der Waals surface area contributed by atoms with Crippen LogP contribution in [0, 0.1) is 11.8 Å². The van der Waals surface area contributed by atoms with Crippen LogP contribution in [0.15, 0.2) is 77.8 Å². The number of ether oxygens (including phenoxy) is 1. The summed E-state index contributed by atoms with van der Waals surface area (Å²) in [5.41, 5.74) is 2.47. The van der Waals surface area contributed by atoms with Crippen molar-refractivity contribution in [2.75, 3.05) is 7.11 Å². The Bertz CT molecular complexity index is 621. The average Bonchev–Trinajstić information content (AvgIpc) is 2.99. The molecule has 0 N–H and O–H groups in total. The van der Waals surface area contributed by atoms with Crippen LogP contribution in [0.5, 0.6) is 0 Å². The van der Waals surface area contributed by atoms with Crippen molar-refractivity contribution in [3.05, 3.63) is 83.4 Å². The summed E-state index contributed by atoms with van der Waals surface area (Å²) in [4.78, 5) is 0. The van der Waals surface area contributed by atoms with Gasteiger partial charge in [-0.05, 0) is 36.5 Å². The Morgan fingerprint density at radius 1 is 1.20 bits per heavy atom. The molecule has 0 fully saturated rings. The van der Waals surface area contributed by atoms with E-state index in [1.165, 1.54) is 7.11 Å². The van der Waals surface area contributed by atoms with Crippen LogP contribution in [-0.2, 0) is 4.74 Å². The summed E-state index contributed by atoms with van der Waals surface area (Å²) in [6, 6.07) is 9.69. The van der Waals surface area contributed by atoms with Crippen LogP contribution >= 0.6 is 0 Å². The second-order valence-corrected chi connectivity index (χ2v) is 4.22. The average molecular weight is 263 g/mol. The molecule has 2 rings (SSSR count). The second-order valence-electron chi connectivity index (χ2n) is 4.22. The van der Waals surface area contributed by atoms with E-state index >= 15 is 0 Å². The van der Waals surface area contributed by atoms with Gasteiger partial charge in [-0.2, -0.15) is 0 Å². The number of methoxy groups -OCH3 is 1. The molecule has 0 spiro atoms. The van der Waals surface area contributed by atoms with Gasteiger partial charge in [-0.15, -0.1) is 0 Å². The van der Waals surface area contributed by atoms with E-state index in [-0.39, 0.29) is 5.95 Å². The molecule has 0 aliphatic heterocycles. The van der Waals surface area contributed by atoms with E-state index in [1.54, 1.807) is 0 Å². The molecule has 0 unspecified atom stereocenters. The lowest BCUT2D eigenvalue weighted by atomic mass is 10.1. The van der Waals surface area contributed by atoms with Gasteiger partial charge in [0.15, 0.2) is 0 Å². The monoisotopic (exact) mass is 263 g/mol. The van der Waals surface area contributed by atoms with E-state index in [0.717, 1.165) is 11.1 Å². The molecule has 0 bridgehead atoms. The minimum Gasteiger partial charge on any atom is -0.616 e. The zero-order valence-electron chi connectivity index (χ0n) is 11.3. The summed E-state index contributed by atoms with van der Waals surface area (Å²) in [5.74, 6) is 5.71. The van der Waals surface area contributed by atoms with E-state index in [0.29, 0.717) is 12.0 Å². The Balaban J connectivity index is 2.14. The predicted octanol–water partition coefficient (Wildman–Crippen LogP) is 2.70. The van der Waals surface area contributed by atoms with Crippen molar-refractivity contribution in [3.63, 3.8) is 0 Å². The first-order valence-electron chi connectivity index (χ1n) is 6.34. The van der Waals surface area contributed by atoms with Crippen LogP contribution in [0.4, 0.5) is 0 Å². The van der Waals surface area contributed by atoms with Crippen LogP contribution in [0.1, 0.15) is 12.0 Å². The molecule has 20 heavy (non-hydrogen) atoms. The predicted molar refractivity (Wildman–Crippen MR) is 78.3 cm³/mol. The summed E-state index contributed by atoms with van der Waals surface area (Å²) in [6.07, 6.45) is 9.91. The van der Waals surface area contributed by atoms with Gasteiger partial charge >= 0.3 is 0 Å². The van der Waals surface area contributed by atoms with Gasteiger partial charge in [-0.3, -0.25) is 0 Å². The van der Waals surface area contributed by atoms with Crippen molar-refractivity contribution < 1.29 is 9.84 Å². The first kappa shape index (κ1) is 13.8. The van der Waals surface area contributed by atoms with E-state index in [2.05, 4.69) is 11.8 Å². The summed E-state index contributed by atoms with van der Waals surface area (Å²) in [6.45, 7) is 0. The lowest BCUT2D eigenvalue weighted by Gasteiger charge is -2.12. The molecule has 0 saturated carbocycles. The van der Waals surface area contributed by atoms with Gasteiger partial charge in [0.2, 0.25) is 0 Å². The van der Waals surface area contributed by atoms with Crippen molar-refractivity contribution >= 4 is 0 Å². The molecule has 2 nitrogen and oxygen atoms in total. The van der Waals surface area contributed by atoms with Crippen LogP contribution in [-0.4, -0.2) is 7.11 Å². The van der Waals surface area contributed by atoms with Gasteiger partial charge in [0.1, 0.15) is 0 Å². The van der Waals surface area contributed by atoms with Crippen molar-refractivity contribution in [3.8, 4) is 11.8 Å². The third-order valence-electron chi connectivity index (χ3n) is 2.76. The topological polar surface area (TPSA) is 32.3 Å². The fraction of sp³-hybridized carbons (Fsp3) is 0.111. The third kappa shape index (κ3) is 3.93. The molecule has 2 heteroatoms. The van der Waals surface area contributed by atoms with Crippen molar-refractivity contribution in [1.29, 1.82) is 0 Å². The summed E-state index contributed by atoms with van der Waals surface area (Å²) in [5, 5.41) is 11.7. The van der Waals surface area contributed by atoms with Crippen molar-refractivity contribution in [2.45, 2.75) is 6.42 Å². The molecular weight excluding hydrogens is 248 g/mol. The molecule has 0 heterocycles. The SMILES string of the molecule is CO/C([O-])=C(\C=C1C=CC=C1)CC#Cc1ccccc1. The van der Waals surface area contributed by atoms with Gasteiger partial charge < -0.3 is 9.84 Å². The van der Waals surface area contributed by atoms with E-state index < -0.39 is 0 Å². The molecular formula is C18H15O2-. The first-order chi connectivity index (χ1) is 9.79. The molecule has 1 aliphatic carbocycles. The van der Waals surface area contributed by atoms with Gasteiger partial charge in [0.05, 0.1) is 5.95 Å². The second kappa shape index (κ2) is 7.06. The van der Waals surface area contributed by atoms with Gasteiger partial charge in [0, 0.05) is 12.0 Å². The molecule has 0 atom stereocenters. The van der Waals surface area contributed by atoms with E-state index in [1.807, 2.05) is 60.7 Å². The highest BCUT2D eigenvalue weighted by molar-refractivity contribution is 5.45. The van der Waals surface area contributed by atoms with E-state index in [9.17, 15) is 5.11 Å². The minimum atomic E-state index is -0.339. The summed E-state index contributed by atoms with van der Waals surface area (Å²) in [7, 11) is 1.38. The molecule has 0 saturated heterocycles. The molecule has 1 aromatic carbocycles. The Labute approximate surface area is 119 Å². The van der Waals surface area contributed by atoms with Gasteiger partial charge in [-0.25, -0.2) is 0 Å². The quantitative estimate of drug-likeness (QED) is 0.620. The molecule has 0 amide bonds. The number of benzene rings is 1. The molecule has 0 aromatic heterocycles. The number of hydrogen-bond acceptors (Lipinski definition) is 2. The lowest BCUT2D eigenvalue weighted by Crippen LogP contribution is -2.08. The van der Waals surface area contributed by atoms with Gasteiger partial charge in [0.25, 0.3) is 0 Å². The van der Waals surface area contributed by atoms with Crippen LogP contribution < -0.4 is 5.11 Å². The maximum Gasteiger partial charge on any atom is 0.0552 e.